The molecule has 0 atom stereocenters. The Kier molecular flexibility index (Phi) is 7.02. The first-order valence-electron chi connectivity index (χ1n) is 8.97. The van der Waals surface area contributed by atoms with Gasteiger partial charge >= 0.3 is 11.9 Å². The number of carbonyl (C=O) groups excluding carboxylic acids is 2. The molecule has 1 aliphatic heterocycles. The largest absolute Gasteiger partial charge is 0.490 e. The van der Waals surface area contributed by atoms with Crippen LogP contribution in [0, 0.1) is 0 Å². The Labute approximate surface area is 188 Å². The monoisotopic (exact) mass is 467 g/mol. The lowest BCUT2D eigenvalue weighted by atomic mass is 10.1. The molecular weight excluding hydrogens is 453 g/mol. The van der Waals surface area contributed by atoms with Crippen LogP contribution in [-0.2, 0) is 14.3 Å². The highest BCUT2D eigenvalue weighted by Gasteiger charge is 2.26. The maximum absolute atomic E-state index is 12.3. The minimum Gasteiger partial charge on any atom is -0.490 e. The molecule has 0 saturated heterocycles. The van der Waals surface area contributed by atoms with Gasteiger partial charge in [0.25, 0.3) is 0 Å². The summed E-state index contributed by atoms with van der Waals surface area (Å²) in [6.07, 6.45) is 1.67. The second-order valence-electron chi connectivity index (χ2n) is 6.05. The van der Waals surface area contributed by atoms with E-state index in [1.54, 1.807) is 32.0 Å². The Balaban J connectivity index is 1.98. The maximum atomic E-state index is 12.3. The maximum Gasteiger partial charge on any atom is 0.363 e. The van der Waals surface area contributed by atoms with E-state index < -0.39 is 11.9 Å². The van der Waals surface area contributed by atoms with Crippen LogP contribution in [0.3, 0.4) is 0 Å². The Morgan fingerprint density at radius 2 is 1.90 bits per heavy atom. The third-order valence-electron chi connectivity index (χ3n) is 3.92. The van der Waals surface area contributed by atoms with Gasteiger partial charge < -0.3 is 14.2 Å². The van der Waals surface area contributed by atoms with E-state index >= 15 is 0 Å². The zero-order valence-electron chi connectivity index (χ0n) is 16.0. The van der Waals surface area contributed by atoms with Gasteiger partial charge in [-0.2, -0.15) is 0 Å². The Hall–Kier alpha value is -2.54. The van der Waals surface area contributed by atoms with Crippen molar-refractivity contribution in [2.75, 3.05) is 6.61 Å². The number of esters is 2. The average molecular weight is 469 g/mol. The van der Waals surface area contributed by atoms with Crippen molar-refractivity contribution in [3.05, 3.63) is 62.2 Å². The minimum atomic E-state index is -0.647. The SMILES string of the molecule is CCOc1cc(/C=C2\N=C(c3ccc(Cl)cc3Cl)OC2=O)cc(Cl)c1OC(=O)CC. The molecule has 0 unspecified atom stereocenters. The molecule has 0 amide bonds. The summed E-state index contributed by atoms with van der Waals surface area (Å²) in [5, 5.41) is 0.913. The third-order valence-corrected chi connectivity index (χ3v) is 4.75. The summed E-state index contributed by atoms with van der Waals surface area (Å²) in [7, 11) is 0. The molecule has 0 bridgehead atoms. The first-order valence-corrected chi connectivity index (χ1v) is 10.1. The van der Waals surface area contributed by atoms with Gasteiger partial charge in [0.1, 0.15) is 0 Å². The van der Waals surface area contributed by atoms with Crippen molar-refractivity contribution in [3.8, 4) is 11.5 Å². The van der Waals surface area contributed by atoms with Crippen LogP contribution in [0.25, 0.3) is 6.08 Å². The molecule has 6 nitrogen and oxygen atoms in total. The number of nitrogens with zero attached hydrogens (tertiary/aromatic N) is 1. The fourth-order valence-electron chi connectivity index (χ4n) is 2.56. The summed E-state index contributed by atoms with van der Waals surface area (Å²) >= 11 is 18.3. The number of aliphatic imine (C=N–C) groups is 1. The zero-order chi connectivity index (χ0) is 21.8. The lowest BCUT2D eigenvalue weighted by molar-refractivity contribution is -0.134. The summed E-state index contributed by atoms with van der Waals surface area (Å²) in [6.45, 7) is 3.78. The first-order chi connectivity index (χ1) is 14.3. The van der Waals surface area contributed by atoms with Crippen LogP contribution in [0.2, 0.25) is 15.1 Å². The molecule has 0 saturated carbocycles. The van der Waals surface area contributed by atoms with Gasteiger partial charge in [0.15, 0.2) is 17.2 Å². The van der Waals surface area contributed by atoms with Gasteiger partial charge in [-0.25, -0.2) is 9.79 Å². The van der Waals surface area contributed by atoms with Crippen LogP contribution in [-0.4, -0.2) is 24.4 Å². The molecule has 9 heteroatoms. The van der Waals surface area contributed by atoms with Crippen molar-refractivity contribution >= 4 is 58.7 Å². The van der Waals surface area contributed by atoms with E-state index in [0.29, 0.717) is 27.8 Å². The third kappa shape index (κ3) is 4.95. The molecule has 0 fully saturated rings. The molecule has 0 radical (unpaired) electrons. The average Bonchev–Trinajstić information content (AvgIpc) is 3.04. The molecule has 2 aromatic carbocycles. The highest BCUT2D eigenvalue weighted by molar-refractivity contribution is 6.37. The number of halogens is 3. The van der Waals surface area contributed by atoms with Gasteiger partial charge in [0, 0.05) is 11.4 Å². The van der Waals surface area contributed by atoms with Gasteiger partial charge in [-0.15, -0.1) is 0 Å². The lowest BCUT2D eigenvalue weighted by Gasteiger charge is -2.13. The number of carbonyl (C=O) groups is 2. The van der Waals surface area contributed by atoms with Gasteiger partial charge in [-0.3, -0.25) is 4.79 Å². The molecule has 0 aliphatic carbocycles. The molecule has 1 heterocycles. The van der Waals surface area contributed by atoms with Crippen molar-refractivity contribution in [2.24, 2.45) is 4.99 Å². The Morgan fingerprint density at radius 1 is 1.13 bits per heavy atom. The van der Waals surface area contributed by atoms with Crippen LogP contribution in [0.5, 0.6) is 11.5 Å². The highest BCUT2D eigenvalue weighted by Crippen LogP contribution is 2.38. The van der Waals surface area contributed by atoms with E-state index in [2.05, 4.69) is 4.99 Å². The number of hydrogen-bond acceptors (Lipinski definition) is 6. The standard InChI is InChI=1S/C21H16Cl3NO5/c1-3-18(26)29-19-15(24)7-11(9-17(19)28-4-2)8-16-21(27)30-20(25-16)13-6-5-12(22)10-14(13)23/h5-10H,3-4H2,1-2H3/b16-8-. The van der Waals surface area contributed by atoms with Crippen molar-refractivity contribution in [1.82, 2.24) is 0 Å². The first kappa shape index (κ1) is 22.2. The number of cyclic esters (lactones) is 1. The number of ether oxygens (including phenoxy) is 3. The van der Waals surface area contributed by atoms with E-state index in [1.807, 2.05) is 0 Å². The van der Waals surface area contributed by atoms with Crippen LogP contribution >= 0.6 is 34.8 Å². The van der Waals surface area contributed by atoms with Crippen molar-refractivity contribution < 1.29 is 23.8 Å². The quantitative estimate of drug-likeness (QED) is 0.309. The highest BCUT2D eigenvalue weighted by atomic mass is 35.5. The molecule has 3 rings (SSSR count). The van der Waals surface area contributed by atoms with E-state index in [0.717, 1.165) is 0 Å². The number of rotatable bonds is 6. The molecule has 156 valence electrons. The summed E-state index contributed by atoms with van der Waals surface area (Å²) in [5.74, 6) is -0.629. The predicted molar refractivity (Wildman–Crippen MR) is 116 cm³/mol. The fourth-order valence-corrected chi connectivity index (χ4v) is 3.31. The summed E-state index contributed by atoms with van der Waals surface area (Å²) in [6, 6.07) is 7.88. The minimum absolute atomic E-state index is 0.0489. The second kappa shape index (κ2) is 9.51. The molecular formula is C21H16Cl3NO5. The van der Waals surface area contributed by atoms with E-state index in [4.69, 9.17) is 49.0 Å². The van der Waals surface area contributed by atoms with Gasteiger partial charge in [0.05, 0.1) is 22.2 Å². The molecule has 1 aliphatic rings. The van der Waals surface area contributed by atoms with Gasteiger partial charge in [0.2, 0.25) is 5.90 Å². The molecule has 0 spiro atoms. The Bertz CT molecular complexity index is 1080. The van der Waals surface area contributed by atoms with Crippen LogP contribution < -0.4 is 9.47 Å². The van der Waals surface area contributed by atoms with Crippen molar-refractivity contribution in [1.29, 1.82) is 0 Å². The fraction of sp³-hybridized carbons (Fsp3) is 0.190. The normalized spacial score (nSPS) is 14.5. The lowest BCUT2D eigenvalue weighted by Crippen LogP contribution is -2.08. The topological polar surface area (TPSA) is 74.2 Å². The van der Waals surface area contributed by atoms with Gasteiger partial charge in [-0.1, -0.05) is 41.7 Å². The number of benzene rings is 2. The van der Waals surface area contributed by atoms with E-state index in [1.165, 1.54) is 18.2 Å². The predicted octanol–water partition coefficient (Wildman–Crippen LogP) is 5.71. The Morgan fingerprint density at radius 3 is 2.57 bits per heavy atom. The molecule has 0 aromatic heterocycles. The van der Waals surface area contributed by atoms with Crippen molar-refractivity contribution in [3.63, 3.8) is 0 Å². The summed E-state index contributed by atoms with van der Waals surface area (Å²) in [5.41, 5.74) is 0.999. The van der Waals surface area contributed by atoms with E-state index in [-0.39, 0.29) is 34.5 Å². The smallest absolute Gasteiger partial charge is 0.363 e. The summed E-state index contributed by atoms with van der Waals surface area (Å²) in [4.78, 5) is 28.2. The molecule has 30 heavy (non-hydrogen) atoms. The molecule has 0 N–H and O–H groups in total. The van der Waals surface area contributed by atoms with E-state index in [9.17, 15) is 9.59 Å². The second-order valence-corrected chi connectivity index (χ2v) is 7.30. The van der Waals surface area contributed by atoms with Gasteiger partial charge in [-0.05, 0) is 48.9 Å². The van der Waals surface area contributed by atoms with Crippen LogP contribution in [0.15, 0.2) is 41.0 Å². The van der Waals surface area contributed by atoms with Crippen molar-refractivity contribution in [2.45, 2.75) is 20.3 Å². The summed E-state index contributed by atoms with van der Waals surface area (Å²) < 4.78 is 16.0. The zero-order valence-corrected chi connectivity index (χ0v) is 18.3. The van der Waals surface area contributed by atoms with Crippen LogP contribution in [0.4, 0.5) is 0 Å². The van der Waals surface area contributed by atoms with Crippen LogP contribution in [0.1, 0.15) is 31.4 Å². The molecule has 2 aromatic rings. The number of hydrogen-bond donors (Lipinski definition) is 0.